The normalized spacial score (nSPS) is 17.6. The van der Waals surface area contributed by atoms with E-state index in [0.29, 0.717) is 30.8 Å². The van der Waals surface area contributed by atoms with Gasteiger partial charge in [-0.05, 0) is 32.0 Å². The molecule has 2 aromatic heterocycles. The molecule has 1 N–H and O–H groups in total. The molecule has 1 fully saturated rings. The van der Waals surface area contributed by atoms with E-state index in [-0.39, 0.29) is 17.6 Å². The summed E-state index contributed by atoms with van der Waals surface area (Å²) in [5, 5.41) is 4.49. The highest BCUT2D eigenvalue weighted by molar-refractivity contribution is 5.97. The number of hydrogen-bond acceptors (Lipinski definition) is 4. The number of carbonyl (C=O) groups is 1. The summed E-state index contributed by atoms with van der Waals surface area (Å²) in [5.41, 5.74) is 4.78. The molecule has 0 bridgehead atoms. The van der Waals surface area contributed by atoms with E-state index in [1.54, 1.807) is 25.2 Å². The predicted octanol–water partition coefficient (Wildman–Crippen LogP) is 1.43. The molecular weight excluding hydrogens is 346 g/mol. The number of nitrogens with zero attached hydrogens (tertiary/aromatic N) is 4. The molecule has 1 atom stereocenters. The molecule has 1 amide bonds. The van der Waals surface area contributed by atoms with Crippen LogP contribution in [-0.2, 0) is 18.8 Å². The third-order valence-corrected chi connectivity index (χ3v) is 5.44. The lowest BCUT2D eigenvalue weighted by molar-refractivity contribution is -0.00304. The Hall–Kier alpha value is -2.87. The van der Waals surface area contributed by atoms with E-state index < -0.39 is 0 Å². The number of aryl methyl sites for hydroxylation is 3. The van der Waals surface area contributed by atoms with Gasteiger partial charge >= 0.3 is 5.69 Å². The summed E-state index contributed by atoms with van der Waals surface area (Å²) in [6.45, 7) is 5.44. The first-order valence-corrected chi connectivity index (χ1v) is 8.96. The van der Waals surface area contributed by atoms with Crippen molar-refractivity contribution in [2.75, 3.05) is 19.8 Å². The van der Waals surface area contributed by atoms with Crippen LogP contribution in [0.4, 0.5) is 0 Å². The summed E-state index contributed by atoms with van der Waals surface area (Å²) < 4.78 is 9.03. The number of benzene rings is 1. The molecule has 3 aromatic rings. The Morgan fingerprint density at radius 2 is 2.07 bits per heavy atom. The van der Waals surface area contributed by atoms with Crippen LogP contribution in [0.5, 0.6) is 0 Å². The van der Waals surface area contributed by atoms with Gasteiger partial charge in [0.2, 0.25) is 0 Å². The number of carbonyl (C=O) groups excluding carboxylic acids is 1. The van der Waals surface area contributed by atoms with Crippen molar-refractivity contribution in [1.29, 1.82) is 0 Å². The lowest BCUT2D eigenvalue weighted by atomic mass is 10.0. The van der Waals surface area contributed by atoms with E-state index >= 15 is 0 Å². The SMILES string of the molecule is Cc1nn(C)c(C)c1C1COCCN1C(=O)c1ccc2[nH]c(=O)n(C)c2c1. The third-order valence-electron chi connectivity index (χ3n) is 5.44. The summed E-state index contributed by atoms with van der Waals surface area (Å²) in [6, 6.07) is 5.13. The zero-order chi connectivity index (χ0) is 19.3. The molecule has 8 nitrogen and oxygen atoms in total. The number of H-pyrrole nitrogens is 1. The van der Waals surface area contributed by atoms with Gasteiger partial charge in [0, 0.05) is 37.5 Å². The molecule has 1 unspecified atom stereocenters. The zero-order valence-corrected chi connectivity index (χ0v) is 15.9. The van der Waals surface area contributed by atoms with Gasteiger partial charge in [-0.3, -0.25) is 14.0 Å². The van der Waals surface area contributed by atoms with Gasteiger partial charge in [0.25, 0.3) is 5.91 Å². The van der Waals surface area contributed by atoms with E-state index in [0.717, 1.165) is 22.5 Å². The first kappa shape index (κ1) is 17.5. The molecule has 0 saturated carbocycles. The van der Waals surface area contributed by atoms with Gasteiger partial charge in [-0.15, -0.1) is 0 Å². The molecular formula is C19H23N5O3. The number of morpholine rings is 1. The van der Waals surface area contributed by atoms with Crippen LogP contribution in [0.25, 0.3) is 11.0 Å². The highest BCUT2D eigenvalue weighted by Crippen LogP contribution is 2.30. The second-order valence-corrected chi connectivity index (χ2v) is 7.02. The van der Waals surface area contributed by atoms with E-state index in [1.807, 2.05) is 30.5 Å². The smallest absolute Gasteiger partial charge is 0.326 e. The molecule has 0 radical (unpaired) electrons. The minimum absolute atomic E-state index is 0.0681. The van der Waals surface area contributed by atoms with Gasteiger partial charge in [-0.2, -0.15) is 5.10 Å². The van der Waals surface area contributed by atoms with Crippen molar-refractivity contribution in [3.63, 3.8) is 0 Å². The number of amides is 1. The molecule has 1 aromatic carbocycles. The summed E-state index contributed by atoms with van der Waals surface area (Å²) in [5.74, 6) is -0.0681. The van der Waals surface area contributed by atoms with Crippen LogP contribution in [0.3, 0.4) is 0 Å². The number of ether oxygens (including phenoxy) is 1. The van der Waals surface area contributed by atoms with E-state index in [1.165, 1.54) is 4.57 Å². The van der Waals surface area contributed by atoms with Crippen molar-refractivity contribution in [2.45, 2.75) is 19.9 Å². The van der Waals surface area contributed by atoms with Crippen LogP contribution in [0.1, 0.15) is 33.4 Å². The molecule has 1 aliphatic rings. The van der Waals surface area contributed by atoms with E-state index in [4.69, 9.17) is 4.74 Å². The van der Waals surface area contributed by atoms with Gasteiger partial charge < -0.3 is 14.6 Å². The first-order chi connectivity index (χ1) is 12.9. The van der Waals surface area contributed by atoms with Crippen molar-refractivity contribution in [2.24, 2.45) is 14.1 Å². The molecule has 27 heavy (non-hydrogen) atoms. The van der Waals surface area contributed by atoms with Crippen molar-refractivity contribution in [1.82, 2.24) is 24.2 Å². The standard InChI is InChI=1S/C19H23N5O3/c1-11-17(12(2)23(4)21-11)16-10-27-8-7-24(16)18(25)13-5-6-14-15(9-13)22(3)19(26)20-14/h5-6,9,16H,7-8,10H2,1-4H3,(H,20,26). The summed E-state index contributed by atoms with van der Waals surface area (Å²) >= 11 is 0. The molecule has 4 rings (SSSR count). The monoisotopic (exact) mass is 369 g/mol. The highest BCUT2D eigenvalue weighted by Gasteiger charge is 2.33. The maximum Gasteiger partial charge on any atom is 0.326 e. The van der Waals surface area contributed by atoms with E-state index in [2.05, 4.69) is 10.1 Å². The summed E-state index contributed by atoms with van der Waals surface area (Å²) in [4.78, 5) is 29.8. The average molecular weight is 369 g/mol. The minimum Gasteiger partial charge on any atom is -0.377 e. The fourth-order valence-electron chi connectivity index (χ4n) is 3.88. The Morgan fingerprint density at radius 3 is 2.78 bits per heavy atom. The molecule has 142 valence electrons. The van der Waals surface area contributed by atoms with Crippen LogP contribution in [0.15, 0.2) is 23.0 Å². The molecule has 8 heteroatoms. The van der Waals surface area contributed by atoms with Gasteiger partial charge in [-0.25, -0.2) is 4.79 Å². The Bertz CT molecular complexity index is 1090. The van der Waals surface area contributed by atoms with Gasteiger partial charge in [0.05, 0.1) is 36.0 Å². The fourth-order valence-corrected chi connectivity index (χ4v) is 3.88. The molecule has 0 spiro atoms. The molecule has 0 aliphatic carbocycles. The molecule has 3 heterocycles. The van der Waals surface area contributed by atoms with Crippen molar-refractivity contribution >= 4 is 16.9 Å². The fraction of sp³-hybridized carbons (Fsp3) is 0.421. The van der Waals surface area contributed by atoms with Gasteiger partial charge in [0.15, 0.2) is 0 Å². The lowest BCUT2D eigenvalue weighted by Gasteiger charge is -2.36. The zero-order valence-electron chi connectivity index (χ0n) is 15.9. The topological polar surface area (TPSA) is 85.2 Å². The molecule has 1 saturated heterocycles. The van der Waals surface area contributed by atoms with Crippen LogP contribution in [0.2, 0.25) is 0 Å². The maximum absolute atomic E-state index is 13.3. The lowest BCUT2D eigenvalue weighted by Crippen LogP contribution is -2.43. The van der Waals surface area contributed by atoms with Crippen LogP contribution in [-0.4, -0.2) is 49.9 Å². The van der Waals surface area contributed by atoms with Crippen LogP contribution >= 0.6 is 0 Å². The Labute approximate surface area is 156 Å². The number of aromatic nitrogens is 4. The first-order valence-electron chi connectivity index (χ1n) is 8.96. The van der Waals surface area contributed by atoms with Gasteiger partial charge in [-0.1, -0.05) is 0 Å². The molecule has 1 aliphatic heterocycles. The van der Waals surface area contributed by atoms with Crippen LogP contribution < -0.4 is 5.69 Å². The Kier molecular flexibility index (Phi) is 4.15. The second kappa shape index (κ2) is 6.38. The number of nitrogens with one attached hydrogen (secondary N) is 1. The Morgan fingerprint density at radius 1 is 1.30 bits per heavy atom. The van der Waals surface area contributed by atoms with Crippen molar-refractivity contribution < 1.29 is 9.53 Å². The number of aromatic amines is 1. The van der Waals surface area contributed by atoms with Crippen molar-refractivity contribution in [3.05, 3.63) is 51.2 Å². The minimum atomic E-state index is -0.194. The Balaban J connectivity index is 1.74. The summed E-state index contributed by atoms with van der Waals surface area (Å²) in [7, 11) is 3.59. The third kappa shape index (κ3) is 2.76. The van der Waals surface area contributed by atoms with Gasteiger partial charge in [0.1, 0.15) is 0 Å². The number of fused-ring (bicyclic) bond motifs is 1. The van der Waals surface area contributed by atoms with Crippen LogP contribution in [0, 0.1) is 13.8 Å². The second-order valence-electron chi connectivity index (χ2n) is 7.02. The quantitative estimate of drug-likeness (QED) is 0.741. The highest BCUT2D eigenvalue weighted by atomic mass is 16.5. The van der Waals surface area contributed by atoms with E-state index in [9.17, 15) is 9.59 Å². The van der Waals surface area contributed by atoms with Crippen molar-refractivity contribution in [3.8, 4) is 0 Å². The predicted molar refractivity (Wildman–Crippen MR) is 101 cm³/mol. The largest absolute Gasteiger partial charge is 0.377 e. The summed E-state index contributed by atoms with van der Waals surface area (Å²) in [6.07, 6.45) is 0. The number of imidazole rings is 1. The number of rotatable bonds is 2. The number of hydrogen-bond donors (Lipinski definition) is 1. The average Bonchev–Trinajstić information content (AvgIpc) is 3.09. The maximum atomic E-state index is 13.3.